The molecule has 1 atom stereocenters. The molecular weight excluding hydrogens is 352 g/mol. The molecule has 1 fully saturated rings. The fourth-order valence-electron chi connectivity index (χ4n) is 3.29. The predicted molar refractivity (Wildman–Crippen MR) is 109 cm³/mol. The monoisotopic (exact) mass is 376 g/mol. The van der Waals surface area contributed by atoms with Crippen LogP contribution in [0.1, 0.15) is 23.2 Å². The summed E-state index contributed by atoms with van der Waals surface area (Å²) >= 11 is 0. The van der Waals surface area contributed by atoms with Crippen LogP contribution in [-0.4, -0.2) is 35.4 Å². The Morgan fingerprint density at radius 3 is 2.64 bits per heavy atom. The molecule has 0 spiro atoms. The molecular formula is C22H24N4O2. The number of aromatic nitrogens is 2. The molecule has 6 nitrogen and oxygen atoms in total. The van der Waals surface area contributed by atoms with E-state index in [1.54, 1.807) is 18.0 Å². The number of nitrogens with one attached hydrogen (secondary N) is 1. The second kappa shape index (κ2) is 7.86. The third-order valence-electron chi connectivity index (χ3n) is 5.07. The highest BCUT2D eigenvalue weighted by Gasteiger charge is 2.29. The Labute approximate surface area is 164 Å². The van der Waals surface area contributed by atoms with E-state index in [1.165, 1.54) is 0 Å². The first-order valence-electron chi connectivity index (χ1n) is 9.49. The first-order valence-corrected chi connectivity index (χ1v) is 9.49. The van der Waals surface area contributed by atoms with Crippen LogP contribution in [0.2, 0.25) is 0 Å². The van der Waals surface area contributed by atoms with Crippen molar-refractivity contribution in [3.63, 3.8) is 0 Å². The molecule has 1 saturated carbocycles. The van der Waals surface area contributed by atoms with Crippen LogP contribution >= 0.6 is 0 Å². The van der Waals surface area contributed by atoms with Gasteiger partial charge >= 0.3 is 0 Å². The Bertz CT molecular complexity index is 964. The largest absolute Gasteiger partial charge is 0.496 e. The lowest BCUT2D eigenvalue weighted by molar-refractivity contribution is 0.0951. The van der Waals surface area contributed by atoms with Crippen molar-refractivity contribution in [1.29, 1.82) is 0 Å². The number of hydrogen-bond acceptors (Lipinski definition) is 4. The summed E-state index contributed by atoms with van der Waals surface area (Å²) in [6.07, 6.45) is 4.06. The summed E-state index contributed by atoms with van der Waals surface area (Å²) < 4.78 is 7.21. The van der Waals surface area contributed by atoms with Crippen molar-refractivity contribution in [3.8, 4) is 22.7 Å². The number of para-hydroxylation sites is 2. The van der Waals surface area contributed by atoms with Crippen molar-refractivity contribution < 1.29 is 9.53 Å². The fourth-order valence-corrected chi connectivity index (χ4v) is 3.29. The van der Waals surface area contributed by atoms with Crippen LogP contribution in [0.4, 0.5) is 0 Å². The van der Waals surface area contributed by atoms with Gasteiger partial charge in [-0.1, -0.05) is 30.3 Å². The predicted octanol–water partition coefficient (Wildman–Crippen LogP) is 3.02. The van der Waals surface area contributed by atoms with Gasteiger partial charge in [-0.25, -0.2) is 4.68 Å². The summed E-state index contributed by atoms with van der Waals surface area (Å²) in [5.41, 5.74) is 8.88. The van der Waals surface area contributed by atoms with E-state index in [2.05, 4.69) is 5.32 Å². The maximum atomic E-state index is 13.0. The molecule has 0 bridgehead atoms. The number of nitrogens with two attached hydrogens (primary N) is 1. The molecule has 1 unspecified atom stereocenters. The van der Waals surface area contributed by atoms with E-state index in [9.17, 15) is 4.79 Å². The van der Waals surface area contributed by atoms with E-state index < -0.39 is 0 Å². The number of methoxy groups -OCH3 is 1. The third-order valence-corrected chi connectivity index (χ3v) is 5.07. The molecule has 1 heterocycles. The minimum Gasteiger partial charge on any atom is -0.496 e. The summed E-state index contributed by atoms with van der Waals surface area (Å²) in [5.74, 6) is 1.02. The minimum atomic E-state index is -0.181. The first kappa shape index (κ1) is 18.3. The number of benzene rings is 2. The van der Waals surface area contributed by atoms with E-state index in [0.717, 1.165) is 24.1 Å². The lowest BCUT2D eigenvalue weighted by atomic mass is 10.1. The molecule has 1 aliphatic carbocycles. The van der Waals surface area contributed by atoms with Crippen LogP contribution in [0.15, 0.2) is 60.8 Å². The minimum absolute atomic E-state index is 0.00262. The van der Waals surface area contributed by atoms with Crippen LogP contribution in [0.3, 0.4) is 0 Å². The van der Waals surface area contributed by atoms with Gasteiger partial charge in [0.1, 0.15) is 11.4 Å². The molecule has 0 radical (unpaired) electrons. The number of nitrogens with zero attached hydrogens (tertiary/aromatic N) is 2. The second-order valence-corrected chi connectivity index (χ2v) is 7.08. The van der Waals surface area contributed by atoms with Gasteiger partial charge in [0.15, 0.2) is 0 Å². The van der Waals surface area contributed by atoms with Crippen LogP contribution in [0.5, 0.6) is 5.75 Å². The van der Waals surface area contributed by atoms with E-state index in [-0.39, 0.29) is 11.9 Å². The van der Waals surface area contributed by atoms with E-state index >= 15 is 0 Å². The molecule has 0 aliphatic heterocycles. The number of carbonyl (C=O) groups is 1. The molecule has 0 saturated heterocycles. The summed E-state index contributed by atoms with van der Waals surface area (Å²) in [6, 6.07) is 17.3. The van der Waals surface area contributed by atoms with Crippen LogP contribution in [0, 0.1) is 5.92 Å². The molecule has 2 aromatic carbocycles. The highest BCUT2D eigenvalue weighted by atomic mass is 16.5. The Balaban J connectivity index is 1.70. The SMILES string of the molecule is COc1ccccc1-c1nn(-c2ccccc2)cc1C(=O)NCC(N)C1CC1. The van der Waals surface area contributed by atoms with Gasteiger partial charge in [0.05, 0.1) is 18.4 Å². The van der Waals surface area contributed by atoms with Gasteiger partial charge in [-0.05, 0) is 43.0 Å². The normalized spacial score (nSPS) is 14.5. The van der Waals surface area contributed by atoms with Gasteiger partial charge in [0.25, 0.3) is 5.91 Å². The molecule has 1 amide bonds. The topological polar surface area (TPSA) is 82.2 Å². The summed E-state index contributed by atoms with van der Waals surface area (Å²) in [7, 11) is 1.61. The maximum Gasteiger partial charge on any atom is 0.255 e. The Morgan fingerprint density at radius 2 is 1.93 bits per heavy atom. The summed E-state index contributed by atoms with van der Waals surface area (Å²) in [5, 5.41) is 7.67. The molecule has 1 aliphatic rings. The third kappa shape index (κ3) is 3.77. The van der Waals surface area contributed by atoms with Crippen molar-refractivity contribution in [1.82, 2.24) is 15.1 Å². The summed E-state index contributed by atoms with van der Waals surface area (Å²) in [6.45, 7) is 0.464. The first-order chi connectivity index (χ1) is 13.7. The number of hydrogen-bond donors (Lipinski definition) is 2. The number of ether oxygens (including phenoxy) is 1. The van der Waals surface area contributed by atoms with E-state index in [0.29, 0.717) is 29.5 Å². The van der Waals surface area contributed by atoms with Gasteiger partial charge in [-0.2, -0.15) is 5.10 Å². The van der Waals surface area contributed by atoms with Gasteiger partial charge in [-0.15, -0.1) is 0 Å². The van der Waals surface area contributed by atoms with Gasteiger partial charge in [-0.3, -0.25) is 4.79 Å². The lowest BCUT2D eigenvalue weighted by Crippen LogP contribution is -2.38. The highest BCUT2D eigenvalue weighted by molar-refractivity contribution is 6.00. The quantitative estimate of drug-likeness (QED) is 0.664. The lowest BCUT2D eigenvalue weighted by Gasteiger charge is -2.12. The number of amides is 1. The molecule has 3 N–H and O–H groups in total. The molecule has 6 heteroatoms. The zero-order chi connectivity index (χ0) is 19.5. The van der Waals surface area contributed by atoms with Gasteiger partial charge in [0.2, 0.25) is 0 Å². The average Bonchev–Trinajstić information content (AvgIpc) is 3.50. The van der Waals surface area contributed by atoms with Crippen molar-refractivity contribution >= 4 is 5.91 Å². The second-order valence-electron chi connectivity index (χ2n) is 7.08. The molecule has 1 aromatic heterocycles. The van der Waals surface area contributed by atoms with Crippen LogP contribution in [0.25, 0.3) is 16.9 Å². The molecule has 3 aromatic rings. The average molecular weight is 376 g/mol. The van der Waals surface area contributed by atoms with Crippen LogP contribution < -0.4 is 15.8 Å². The Kier molecular flexibility index (Phi) is 5.12. The number of rotatable bonds is 7. The fraction of sp³-hybridized carbons (Fsp3) is 0.273. The Hall–Kier alpha value is -3.12. The molecule has 28 heavy (non-hydrogen) atoms. The zero-order valence-electron chi connectivity index (χ0n) is 15.8. The van der Waals surface area contributed by atoms with Gasteiger partial charge < -0.3 is 15.8 Å². The number of carbonyl (C=O) groups excluding carboxylic acids is 1. The summed E-state index contributed by atoms with van der Waals surface area (Å²) in [4.78, 5) is 13.0. The van der Waals surface area contributed by atoms with E-state index in [4.69, 9.17) is 15.6 Å². The van der Waals surface area contributed by atoms with Crippen LogP contribution in [-0.2, 0) is 0 Å². The van der Waals surface area contributed by atoms with E-state index in [1.807, 2.05) is 54.6 Å². The standard InChI is InChI=1S/C22H24N4O2/c1-28-20-10-6-5-9-17(20)21-18(22(27)24-13-19(23)15-11-12-15)14-26(25-21)16-7-3-2-4-8-16/h2-10,14-15,19H,11-13,23H2,1H3,(H,24,27). The molecule has 4 rings (SSSR count). The maximum absolute atomic E-state index is 13.0. The Morgan fingerprint density at radius 1 is 1.21 bits per heavy atom. The highest BCUT2D eigenvalue weighted by Crippen LogP contribution is 2.32. The zero-order valence-corrected chi connectivity index (χ0v) is 15.8. The van der Waals surface area contributed by atoms with Crippen molar-refractivity contribution in [3.05, 3.63) is 66.4 Å². The van der Waals surface area contributed by atoms with Crippen molar-refractivity contribution in [2.45, 2.75) is 18.9 Å². The smallest absolute Gasteiger partial charge is 0.255 e. The molecule has 144 valence electrons. The van der Waals surface area contributed by atoms with Gasteiger partial charge in [0, 0.05) is 24.3 Å². The van der Waals surface area contributed by atoms with Crippen molar-refractivity contribution in [2.24, 2.45) is 11.7 Å². The van der Waals surface area contributed by atoms with Crippen molar-refractivity contribution in [2.75, 3.05) is 13.7 Å².